The van der Waals surface area contributed by atoms with Gasteiger partial charge < -0.3 is 10.2 Å². The summed E-state index contributed by atoms with van der Waals surface area (Å²) in [5, 5.41) is 3.44. The number of piperazine rings is 1. The van der Waals surface area contributed by atoms with Gasteiger partial charge >= 0.3 is 0 Å². The van der Waals surface area contributed by atoms with Crippen LogP contribution in [0.3, 0.4) is 0 Å². The summed E-state index contributed by atoms with van der Waals surface area (Å²) in [4.78, 5) is 16.8. The fourth-order valence-corrected chi connectivity index (χ4v) is 5.03. The molecule has 2 aliphatic rings. The van der Waals surface area contributed by atoms with Gasteiger partial charge in [0, 0.05) is 49.0 Å². The molecule has 5 nitrogen and oxygen atoms in total. The number of para-hydroxylation sites is 1. The maximum Gasteiger partial charge on any atom is 0.0592 e. The van der Waals surface area contributed by atoms with Crippen LogP contribution in [0.2, 0.25) is 0 Å². The Morgan fingerprint density at radius 1 is 0.964 bits per heavy atom. The molecular formula is C22H36N4OS. The third kappa shape index (κ3) is 7.05. The first-order valence-corrected chi connectivity index (χ1v) is 11.9. The Bertz CT molecular complexity index is 571. The van der Waals surface area contributed by atoms with Crippen LogP contribution < -0.4 is 5.32 Å². The van der Waals surface area contributed by atoms with Gasteiger partial charge in [0.15, 0.2) is 0 Å². The van der Waals surface area contributed by atoms with Crippen molar-refractivity contribution in [3.05, 3.63) is 29.2 Å². The van der Waals surface area contributed by atoms with Gasteiger partial charge in [-0.2, -0.15) is 0 Å². The molecule has 156 valence electrons. The van der Waals surface area contributed by atoms with Gasteiger partial charge in [-0.15, -0.1) is 4.91 Å². The van der Waals surface area contributed by atoms with E-state index in [0.717, 1.165) is 35.1 Å². The van der Waals surface area contributed by atoms with Gasteiger partial charge in [-0.3, -0.25) is 4.90 Å². The summed E-state index contributed by atoms with van der Waals surface area (Å²) in [7, 11) is 0. The standard InChI is InChI=1S/C22H36N4OS/c27-24-28-22-13-7-6-12-21(22)23-14-8-1-2-9-15-25-16-18-26(19-17-25)20-10-4-3-5-11-20/h6-7,12-13,20,23H,1-5,8-11,14-19H2. The molecule has 6 heteroatoms. The number of benzene rings is 1. The van der Waals surface area contributed by atoms with Crippen LogP contribution in [0.4, 0.5) is 5.69 Å². The lowest BCUT2D eigenvalue weighted by atomic mass is 9.94. The van der Waals surface area contributed by atoms with Crippen molar-refractivity contribution in [1.29, 1.82) is 0 Å². The maximum atomic E-state index is 10.5. The van der Waals surface area contributed by atoms with Gasteiger partial charge in [-0.05, 0) is 44.4 Å². The van der Waals surface area contributed by atoms with Gasteiger partial charge in [-0.1, -0.05) is 44.2 Å². The summed E-state index contributed by atoms with van der Waals surface area (Å²) in [6.45, 7) is 7.30. The van der Waals surface area contributed by atoms with Gasteiger partial charge in [-0.25, -0.2) is 0 Å². The zero-order chi connectivity index (χ0) is 19.4. The number of rotatable bonds is 11. The summed E-state index contributed by atoms with van der Waals surface area (Å²) in [6.07, 6.45) is 12.2. The molecule has 0 aromatic heterocycles. The highest BCUT2D eigenvalue weighted by Gasteiger charge is 2.24. The van der Waals surface area contributed by atoms with Crippen LogP contribution in [-0.4, -0.2) is 55.1 Å². The first-order valence-electron chi connectivity index (χ1n) is 11.2. The highest BCUT2D eigenvalue weighted by atomic mass is 32.2. The van der Waals surface area contributed by atoms with Crippen LogP contribution in [0, 0.1) is 4.91 Å². The van der Waals surface area contributed by atoms with E-state index in [4.69, 9.17) is 0 Å². The van der Waals surface area contributed by atoms with Crippen LogP contribution in [0.25, 0.3) is 0 Å². The Balaban J connectivity index is 1.21. The summed E-state index contributed by atoms with van der Waals surface area (Å²) in [5.74, 6) is 0. The van der Waals surface area contributed by atoms with Crippen LogP contribution in [0.15, 0.2) is 33.7 Å². The molecule has 1 aromatic carbocycles. The Labute approximate surface area is 174 Å². The van der Waals surface area contributed by atoms with E-state index in [0.29, 0.717) is 0 Å². The summed E-state index contributed by atoms with van der Waals surface area (Å²) in [5.41, 5.74) is 1.02. The Morgan fingerprint density at radius 2 is 1.71 bits per heavy atom. The molecule has 1 heterocycles. The Morgan fingerprint density at radius 3 is 2.50 bits per heavy atom. The molecule has 1 aromatic rings. The van der Waals surface area contributed by atoms with Crippen LogP contribution in [0.5, 0.6) is 0 Å². The van der Waals surface area contributed by atoms with Crippen molar-refractivity contribution in [3.8, 4) is 0 Å². The van der Waals surface area contributed by atoms with Crippen LogP contribution >= 0.6 is 11.9 Å². The average molecular weight is 405 g/mol. The van der Waals surface area contributed by atoms with Crippen molar-refractivity contribution in [3.63, 3.8) is 0 Å². The monoisotopic (exact) mass is 404 g/mol. The SMILES string of the molecule is O=NSc1ccccc1NCCCCCCN1CCN(C2CCCCC2)CC1. The third-order valence-electron chi connectivity index (χ3n) is 6.24. The topological polar surface area (TPSA) is 47.9 Å². The average Bonchev–Trinajstić information content (AvgIpc) is 2.75. The van der Waals surface area contributed by atoms with E-state index >= 15 is 0 Å². The lowest BCUT2D eigenvalue weighted by Crippen LogP contribution is -2.50. The lowest BCUT2D eigenvalue weighted by molar-refractivity contribution is 0.0781. The van der Waals surface area contributed by atoms with Crippen molar-refractivity contribution >= 4 is 17.6 Å². The molecule has 2 fully saturated rings. The normalized spacial score (nSPS) is 19.6. The van der Waals surface area contributed by atoms with Gasteiger partial charge in [0.25, 0.3) is 0 Å². The molecule has 0 spiro atoms. The molecular weight excluding hydrogens is 368 g/mol. The zero-order valence-corrected chi connectivity index (χ0v) is 18.0. The largest absolute Gasteiger partial charge is 0.384 e. The molecule has 1 saturated carbocycles. The molecule has 1 saturated heterocycles. The highest BCUT2D eigenvalue weighted by molar-refractivity contribution is 7.98. The summed E-state index contributed by atoms with van der Waals surface area (Å²) < 4.78 is 2.93. The second-order valence-corrected chi connectivity index (χ2v) is 8.94. The third-order valence-corrected chi connectivity index (χ3v) is 6.86. The van der Waals surface area contributed by atoms with Crippen LogP contribution in [0.1, 0.15) is 57.8 Å². The predicted molar refractivity (Wildman–Crippen MR) is 120 cm³/mol. The van der Waals surface area contributed by atoms with Crippen molar-refractivity contribution in [2.24, 2.45) is 4.58 Å². The number of unbranched alkanes of at least 4 members (excludes halogenated alkanes) is 3. The number of anilines is 1. The van der Waals surface area contributed by atoms with E-state index in [-0.39, 0.29) is 0 Å². The van der Waals surface area contributed by atoms with Crippen molar-refractivity contribution in [1.82, 2.24) is 9.80 Å². The smallest absolute Gasteiger partial charge is 0.0592 e. The maximum absolute atomic E-state index is 10.5. The molecule has 0 atom stereocenters. The number of hydrogen-bond donors (Lipinski definition) is 1. The second-order valence-electron chi connectivity index (χ2n) is 8.17. The van der Waals surface area contributed by atoms with Gasteiger partial charge in [0.2, 0.25) is 0 Å². The minimum Gasteiger partial charge on any atom is -0.384 e. The van der Waals surface area contributed by atoms with Crippen molar-refractivity contribution < 1.29 is 0 Å². The first kappa shape index (κ1) is 21.6. The van der Waals surface area contributed by atoms with E-state index in [1.165, 1.54) is 90.5 Å². The minimum absolute atomic E-state index is 0.884. The van der Waals surface area contributed by atoms with Crippen molar-refractivity contribution in [2.45, 2.75) is 68.7 Å². The molecule has 1 aliphatic carbocycles. The molecule has 0 radical (unpaired) electrons. The Kier molecular flexibility index (Phi) is 9.60. The van der Waals surface area contributed by atoms with Crippen molar-refractivity contribution in [2.75, 3.05) is 44.6 Å². The number of hydrogen-bond acceptors (Lipinski definition) is 6. The minimum atomic E-state index is 0.884. The molecule has 28 heavy (non-hydrogen) atoms. The van der Waals surface area contributed by atoms with E-state index in [1.807, 2.05) is 24.3 Å². The number of nitrogens with one attached hydrogen (secondary N) is 1. The second kappa shape index (κ2) is 12.5. The molecule has 0 unspecified atom stereocenters. The summed E-state index contributed by atoms with van der Waals surface area (Å²) in [6, 6.07) is 8.76. The molecule has 1 N–H and O–H groups in total. The highest BCUT2D eigenvalue weighted by Crippen LogP contribution is 2.27. The fraction of sp³-hybridized carbons (Fsp3) is 0.727. The molecule has 3 rings (SSSR count). The lowest BCUT2D eigenvalue weighted by Gasteiger charge is -2.40. The van der Waals surface area contributed by atoms with Crippen LogP contribution in [-0.2, 0) is 0 Å². The van der Waals surface area contributed by atoms with E-state index in [1.54, 1.807) is 0 Å². The Hall–Kier alpha value is -1.11. The van der Waals surface area contributed by atoms with Gasteiger partial charge in [0.05, 0.1) is 16.8 Å². The first-order chi connectivity index (χ1) is 13.9. The predicted octanol–water partition coefficient (Wildman–Crippen LogP) is 5.38. The molecule has 0 bridgehead atoms. The number of nitroso groups, excluding NO2 is 1. The molecule has 1 aliphatic heterocycles. The van der Waals surface area contributed by atoms with E-state index in [9.17, 15) is 4.91 Å². The molecule has 0 amide bonds. The van der Waals surface area contributed by atoms with E-state index < -0.39 is 0 Å². The zero-order valence-electron chi connectivity index (χ0n) is 17.2. The number of nitrogens with zero attached hydrogens (tertiary/aromatic N) is 3. The quantitative estimate of drug-likeness (QED) is 0.305. The van der Waals surface area contributed by atoms with E-state index in [2.05, 4.69) is 19.7 Å². The fourth-order valence-electron chi connectivity index (χ4n) is 4.57. The summed E-state index contributed by atoms with van der Waals surface area (Å²) >= 11 is 0.997. The van der Waals surface area contributed by atoms with Gasteiger partial charge in [0.1, 0.15) is 0 Å².